The van der Waals surface area contributed by atoms with E-state index in [1.165, 1.54) is 28.3 Å². The fourth-order valence-corrected chi connectivity index (χ4v) is 2.73. The Kier molecular flexibility index (Phi) is 3.83. The average molecular weight is 321 g/mol. The molecule has 9 heteroatoms. The van der Waals surface area contributed by atoms with Crippen LogP contribution >= 0.6 is 22.0 Å². The first-order valence-electron chi connectivity index (χ1n) is 4.81. The highest BCUT2D eigenvalue weighted by atomic mass is 35.7. The number of aromatic nitrogens is 1. The minimum atomic E-state index is -4.15. The maximum absolute atomic E-state index is 13.5. The molecule has 1 aromatic carbocycles. The predicted molar refractivity (Wildman–Crippen MR) is 69.5 cm³/mol. The summed E-state index contributed by atoms with van der Waals surface area (Å²) in [6.07, 6.45) is 0. The zero-order valence-corrected chi connectivity index (χ0v) is 11.5. The summed E-state index contributed by atoms with van der Waals surface area (Å²) in [6.45, 7) is 0. The second-order valence-corrected chi connectivity index (χ2v) is 6.66. The molecule has 100 valence electrons. The molecule has 0 aliphatic heterocycles. The van der Waals surface area contributed by atoms with Crippen molar-refractivity contribution in [3.8, 4) is 0 Å². The summed E-state index contributed by atoms with van der Waals surface area (Å²) in [7, 11) is 0.891. The Bertz CT molecular complexity index is 716. The smallest absolute Gasteiger partial charge is 0.275 e. The van der Waals surface area contributed by atoms with Crippen molar-refractivity contribution in [1.82, 2.24) is 4.98 Å². The SMILES string of the molecule is O=C(Nc1ccc(S(=O)(=O)Cl)c(F)c1)c1cscn1. The molecule has 0 unspecified atom stereocenters. The minimum Gasteiger partial charge on any atom is -0.321 e. The first-order chi connectivity index (χ1) is 8.88. The lowest BCUT2D eigenvalue weighted by Crippen LogP contribution is -2.12. The predicted octanol–water partition coefficient (Wildman–Crippen LogP) is 2.46. The van der Waals surface area contributed by atoms with Crippen LogP contribution in [0.2, 0.25) is 0 Å². The zero-order chi connectivity index (χ0) is 14.0. The van der Waals surface area contributed by atoms with E-state index in [1.807, 2.05) is 0 Å². The van der Waals surface area contributed by atoms with E-state index in [1.54, 1.807) is 0 Å². The summed E-state index contributed by atoms with van der Waals surface area (Å²) in [4.78, 5) is 14.8. The lowest BCUT2D eigenvalue weighted by Gasteiger charge is -2.05. The van der Waals surface area contributed by atoms with E-state index < -0.39 is 25.7 Å². The molecule has 0 saturated carbocycles. The summed E-state index contributed by atoms with van der Waals surface area (Å²) >= 11 is 1.24. The van der Waals surface area contributed by atoms with Gasteiger partial charge >= 0.3 is 0 Å². The average Bonchev–Trinajstić information content (AvgIpc) is 2.80. The van der Waals surface area contributed by atoms with Gasteiger partial charge in [0.15, 0.2) is 0 Å². The molecule has 19 heavy (non-hydrogen) atoms. The van der Waals surface area contributed by atoms with Crippen molar-refractivity contribution in [3.05, 3.63) is 40.6 Å². The Morgan fingerprint density at radius 1 is 1.42 bits per heavy atom. The number of hydrogen-bond acceptors (Lipinski definition) is 5. The van der Waals surface area contributed by atoms with Gasteiger partial charge in [0.05, 0.1) is 5.51 Å². The van der Waals surface area contributed by atoms with E-state index in [0.29, 0.717) is 0 Å². The number of nitrogens with one attached hydrogen (secondary N) is 1. The van der Waals surface area contributed by atoms with Crippen LogP contribution in [0.3, 0.4) is 0 Å². The number of rotatable bonds is 3. The van der Waals surface area contributed by atoms with Crippen LogP contribution < -0.4 is 5.32 Å². The Labute approximate surface area is 116 Å². The Balaban J connectivity index is 2.24. The van der Waals surface area contributed by atoms with Crippen LogP contribution in [0.15, 0.2) is 34.0 Å². The molecule has 2 aromatic rings. The maximum atomic E-state index is 13.5. The molecule has 1 aromatic heterocycles. The third-order valence-electron chi connectivity index (χ3n) is 2.12. The normalized spacial score (nSPS) is 11.3. The van der Waals surface area contributed by atoms with Crippen molar-refractivity contribution in [2.24, 2.45) is 0 Å². The highest BCUT2D eigenvalue weighted by Crippen LogP contribution is 2.22. The Morgan fingerprint density at radius 2 is 2.16 bits per heavy atom. The van der Waals surface area contributed by atoms with Gasteiger partial charge in [-0.15, -0.1) is 11.3 Å². The van der Waals surface area contributed by atoms with Gasteiger partial charge in [-0.2, -0.15) is 0 Å². The highest BCUT2D eigenvalue weighted by molar-refractivity contribution is 8.13. The third kappa shape index (κ3) is 3.28. The van der Waals surface area contributed by atoms with Crippen LogP contribution in [0, 0.1) is 5.82 Å². The second-order valence-electron chi connectivity index (χ2n) is 3.41. The maximum Gasteiger partial charge on any atom is 0.275 e. The molecule has 1 amide bonds. The quantitative estimate of drug-likeness (QED) is 0.881. The van der Waals surface area contributed by atoms with Gasteiger partial charge in [0.2, 0.25) is 0 Å². The van der Waals surface area contributed by atoms with Gasteiger partial charge in [0.25, 0.3) is 15.0 Å². The Hall–Kier alpha value is -1.51. The molecule has 5 nitrogen and oxygen atoms in total. The van der Waals surface area contributed by atoms with E-state index in [9.17, 15) is 17.6 Å². The largest absolute Gasteiger partial charge is 0.321 e. The minimum absolute atomic E-state index is 0.111. The summed E-state index contributed by atoms with van der Waals surface area (Å²) in [6, 6.07) is 3.09. The van der Waals surface area contributed by atoms with E-state index in [-0.39, 0.29) is 11.4 Å². The monoisotopic (exact) mass is 320 g/mol. The number of halogens is 2. The van der Waals surface area contributed by atoms with E-state index >= 15 is 0 Å². The number of anilines is 1. The lowest BCUT2D eigenvalue weighted by molar-refractivity contribution is 0.102. The Morgan fingerprint density at radius 3 is 2.68 bits per heavy atom. The van der Waals surface area contributed by atoms with Gasteiger partial charge in [0, 0.05) is 21.7 Å². The number of carbonyl (C=O) groups is 1. The molecule has 1 heterocycles. The molecular weight excluding hydrogens is 315 g/mol. The first-order valence-corrected chi connectivity index (χ1v) is 8.07. The molecule has 0 saturated heterocycles. The lowest BCUT2D eigenvalue weighted by atomic mass is 10.3. The van der Waals surface area contributed by atoms with Crippen molar-refractivity contribution in [2.75, 3.05) is 5.32 Å². The standard InChI is InChI=1S/C10H6ClFN2O3S2/c11-19(16,17)9-2-1-6(3-7(9)12)14-10(15)8-4-18-5-13-8/h1-5H,(H,14,15). The first kappa shape index (κ1) is 13.9. The van der Waals surface area contributed by atoms with Crippen molar-refractivity contribution in [2.45, 2.75) is 4.90 Å². The van der Waals surface area contributed by atoms with Gasteiger partial charge in [-0.25, -0.2) is 17.8 Å². The van der Waals surface area contributed by atoms with Crippen LogP contribution in [-0.4, -0.2) is 19.3 Å². The number of nitrogens with zero attached hydrogens (tertiary/aromatic N) is 1. The van der Waals surface area contributed by atoms with Crippen molar-refractivity contribution in [1.29, 1.82) is 0 Å². The van der Waals surface area contributed by atoms with Crippen LogP contribution in [0.4, 0.5) is 10.1 Å². The third-order valence-corrected chi connectivity index (χ3v) is 4.06. The summed E-state index contributed by atoms with van der Waals surface area (Å²) in [5, 5.41) is 3.92. The van der Waals surface area contributed by atoms with Crippen LogP contribution in [0.25, 0.3) is 0 Å². The van der Waals surface area contributed by atoms with Gasteiger partial charge < -0.3 is 5.32 Å². The van der Waals surface area contributed by atoms with Crippen molar-refractivity contribution < 1.29 is 17.6 Å². The van der Waals surface area contributed by atoms with E-state index in [0.717, 1.165) is 12.1 Å². The van der Waals surface area contributed by atoms with E-state index in [2.05, 4.69) is 10.3 Å². The number of benzene rings is 1. The molecule has 0 bridgehead atoms. The zero-order valence-electron chi connectivity index (χ0n) is 9.13. The number of amides is 1. The molecule has 0 aliphatic carbocycles. The highest BCUT2D eigenvalue weighted by Gasteiger charge is 2.17. The van der Waals surface area contributed by atoms with Crippen LogP contribution in [0.5, 0.6) is 0 Å². The molecule has 0 aliphatic rings. The molecule has 0 radical (unpaired) electrons. The van der Waals surface area contributed by atoms with E-state index in [4.69, 9.17) is 10.7 Å². The molecule has 2 rings (SSSR count). The number of thiazole rings is 1. The van der Waals surface area contributed by atoms with Crippen molar-refractivity contribution >= 4 is 42.7 Å². The summed E-state index contributed by atoms with van der Waals surface area (Å²) in [5.74, 6) is -1.55. The van der Waals surface area contributed by atoms with Gasteiger partial charge in [-0.1, -0.05) is 0 Å². The summed E-state index contributed by atoms with van der Waals surface area (Å²) < 4.78 is 35.5. The topological polar surface area (TPSA) is 76.1 Å². The molecule has 0 atom stereocenters. The second kappa shape index (κ2) is 5.24. The van der Waals surface area contributed by atoms with Crippen LogP contribution in [0.1, 0.15) is 10.5 Å². The van der Waals surface area contributed by atoms with Gasteiger partial charge in [-0.3, -0.25) is 4.79 Å². The molecule has 1 N–H and O–H groups in total. The molecule has 0 fully saturated rings. The van der Waals surface area contributed by atoms with Crippen molar-refractivity contribution in [3.63, 3.8) is 0 Å². The number of carbonyl (C=O) groups excluding carboxylic acids is 1. The number of hydrogen-bond donors (Lipinski definition) is 1. The van der Waals surface area contributed by atoms with Gasteiger partial charge in [-0.05, 0) is 18.2 Å². The fourth-order valence-electron chi connectivity index (χ4n) is 1.30. The fraction of sp³-hybridized carbons (Fsp3) is 0. The van der Waals surface area contributed by atoms with Crippen LogP contribution in [-0.2, 0) is 9.05 Å². The molecule has 0 spiro atoms. The molecular formula is C10H6ClFN2O3S2. The summed E-state index contributed by atoms with van der Waals surface area (Å²) in [5.41, 5.74) is 1.79. The van der Waals surface area contributed by atoms with Gasteiger partial charge in [0.1, 0.15) is 16.4 Å².